The molecule has 0 aliphatic heterocycles. The lowest BCUT2D eigenvalue weighted by molar-refractivity contribution is -0.384. The highest BCUT2D eigenvalue weighted by Gasteiger charge is 2.13. The van der Waals surface area contributed by atoms with E-state index in [1.54, 1.807) is 18.5 Å². The molecular weight excluding hydrogens is 268 g/mol. The van der Waals surface area contributed by atoms with Crippen molar-refractivity contribution in [2.45, 2.75) is 0 Å². The van der Waals surface area contributed by atoms with Crippen molar-refractivity contribution in [3.8, 4) is 22.5 Å². The zero-order valence-electron chi connectivity index (χ0n) is 11.3. The first kappa shape index (κ1) is 13.0. The van der Waals surface area contributed by atoms with Gasteiger partial charge in [-0.1, -0.05) is 36.4 Å². The second-order valence-electron chi connectivity index (χ2n) is 4.62. The van der Waals surface area contributed by atoms with Gasteiger partial charge in [0.1, 0.15) is 6.33 Å². The van der Waals surface area contributed by atoms with Crippen LogP contribution in [0.1, 0.15) is 0 Å². The Morgan fingerprint density at radius 3 is 2.52 bits per heavy atom. The molecule has 0 spiro atoms. The van der Waals surface area contributed by atoms with Crippen LogP contribution >= 0.6 is 0 Å². The Labute approximate surface area is 120 Å². The van der Waals surface area contributed by atoms with E-state index in [2.05, 4.69) is 10.2 Å². The van der Waals surface area contributed by atoms with Crippen molar-refractivity contribution in [3.63, 3.8) is 0 Å². The Morgan fingerprint density at radius 2 is 1.86 bits per heavy atom. The Bertz CT molecular complexity index is 811. The summed E-state index contributed by atoms with van der Waals surface area (Å²) in [4.78, 5) is 10.5. The van der Waals surface area contributed by atoms with Crippen molar-refractivity contribution in [2.24, 2.45) is 7.05 Å². The van der Waals surface area contributed by atoms with Crippen molar-refractivity contribution < 1.29 is 4.92 Å². The lowest BCUT2D eigenvalue weighted by Crippen LogP contribution is -1.94. The van der Waals surface area contributed by atoms with Crippen LogP contribution in [0.3, 0.4) is 0 Å². The molecule has 0 saturated heterocycles. The van der Waals surface area contributed by atoms with Crippen molar-refractivity contribution in [1.82, 2.24) is 14.8 Å². The van der Waals surface area contributed by atoms with Crippen LogP contribution in [0.4, 0.5) is 5.69 Å². The minimum Gasteiger partial charge on any atom is -0.317 e. The van der Waals surface area contributed by atoms with Gasteiger partial charge in [0.15, 0.2) is 5.82 Å². The van der Waals surface area contributed by atoms with Crippen LogP contribution < -0.4 is 0 Å². The molecule has 6 nitrogen and oxygen atoms in total. The van der Waals surface area contributed by atoms with E-state index in [0.29, 0.717) is 0 Å². The van der Waals surface area contributed by atoms with E-state index in [0.717, 1.165) is 22.5 Å². The summed E-state index contributed by atoms with van der Waals surface area (Å²) in [5, 5.41) is 18.9. The van der Waals surface area contributed by atoms with Crippen molar-refractivity contribution in [2.75, 3.05) is 0 Å². The Balaban J connectivity index is 2.18. The maximum Gasteiger partial charge on any atom is 0.270 e. The van der Waals surface area contributed by atoms with Crippen molar-refractivity contribution in [3.05, 3.63) is 65.0 Å². The van der Waals surface area contributed by atoms with Crippen LogP contribution in [-0.4, -0.2) is 19.7 Å². The van der Waals surface area contributed by atoms with Crippen LogP contribution in [0.5, 0.6) is 0 Å². The third kappa shape index (κ3) is 2.38. The number of rotatable bonds is 3. The summed E-state index contributed by atoms with van der Waals surface area (Å²) in [6.45, 7) is 0. The molecule has 1 aromatic heterocycles. The summed E-state index contributed by atoms with van der Waals surface area (Å²) < 4.78 is 1.82. The number of aromatic nitrogens is 3. The first-order valence-electron chi connectivity index (χ1n) is 6.35. The Morgan fingerprint density at radius 1 is 1.10 bits per heavy atom. The molecule has 0 amide bonds. The highest BCUT2D eigenvalue weighted by atomic mass is 16.6. The topological polar surface area (TPSA) is 73.8 Å². The van der Waals surface area contributed by atoms with Gasteiger partial charge in [-0.2, -0.15) is 0 Å². The summed E-state index contributed by atoms with van der Waals surface area (Å²) in [7, 11) is 1.86. The number of hydrogen-bond acceptors (Lipinski definition) is 4. The van der Waals surface area contributed by atoms with Crippen LogP contribution in [0.15, 0.2) is 54.9 Å². The number of benzene rings is 2. The first-order valence-corrected chi connectivity index (χ1v) is 6.35. The molecule has 1 heterocycles. The molecular formula is C15H12N4O2. The molecule has 104 valence electrons. The molecule has 0 N–H and O–H groups in total. The average Bonchev–Trinajstić information content (AvgIpc) is 2.93. The first-order chi connectivity index (χ1) is 10.2. The van der Waals surface area contributed by atoms with Crippen molar-refractivity contribution >= 4 is 5.69 Å². The van der Waals surface area contributed by atoms with E-state index < -0.39 is 4.92 Å². The summed E-state index contributed by atoms with van der Waals surface area (Å²) in [6, 6.07) is 14.2. The van der Waals surface area contributed by atoms with Gasteiger partial charge >= 0.3 is 0 Å². The number of hydrogen-bond donors (Lipinski definition) is 0. The quantitative estimate of drug-likeness (QED) is 0.546. The molecule has 0 unspecified atom stereocenters. The fraction of sp³-hybridized carbons (Fsp3) is 0.0667. The molecule has 0 atom stereocenters. The molecule has 6 heteroatoms. The van der Waals surface area contributed by atoms with E-state index in [4.69, 9.17) is 0 Å². The van der Waals surface area contributed by atoms with E-state index >= 15 is 0 Å². The van der Waals surface area contributed by atoms with E-state index in [9.17, 15) is 10.1 Å². The van der Waals surface area contributed by atoms with Crippen LogP contribution in [0.25, 0.3) is 22.5 Å². The molecule has 0 aliphatic carbocycles. The maximum absolute atomic E-state index is 10.9. The summed E-state index contributed by atoms with van der Waals surface area (Å²) in [6.07, 6.45) is 1.62. The predicted octanol–water partition coefficient (Wildman–Crippen LogP) is 3.06. The van der Waals surface area contributed by atoms with Crippen LogP contribution in [0.2, 0.25) is 0 Å². The lowest BCUT2D eigenvalue weighted by atomic mass is 9.99. The smallest absolute Gasteiger partial charge is 0.270 e. The molecule has 0 radical (unpaired) electrons. The van der Waals surface area contributed by atoms with Crippen molar-refractivity contribution in [1.29, 1.82) is 0 Å². The van der Waals surface area contributed by atoms with Gasteiger partial charge in [-0.15, -0.1) is 10.2 Å². The summed E-state index contributed by atoms with van der Waals surface area (Å²) in [5.74, 6) is 0.720. The molecule has 0 fully saturated rings. The van der Waals surface area contributed by atoms with E-state index in [-0.39, 0.29) is 5.69 Å². The molecule has 3 rings (SSSR count). The molecule has 2 aromatic carbocycles. The summed E-state index contributed by atoms with van der Waals surface area (Å²) in [5.41, 5.74) is 2.62. The van der Waals surface area contributed by atoms with Gasteiger partial charge in [0.2, 0.25) is 0 Å². The second kappa shape index (κ2) is 5.16. The standard InChI is InChI=1S/C15H12N4O2/c1-18-10-16-17-15(18)14-8-3-2-7-13(14)11-5-4-6-12(9-11)19(20)21/h2-10H,1H3. The molecule has 0 saturated carbocycles. The van der Waals surface area contributed by atoms with E-state index in [1.165, 1.54) is 6.07 Å². The maximum atomic E-state index is 10.9. The number of nitrogens with zero attached hydrogens (tertiary/aromatic N) is 4. The zero-order valence-corrected chi connectivity index (χ0v) is 11.3. The van der Waals surface area contributed by atoms with Gasteiger partial charge in [0.25, 0.3) is 5.69 Å². The Hall–Kier alpha value is -3.02. The van der Waals surface area contributed by atoms with E-state index in [1.807, 2.05) is 41.9 Å². The highest BCUT2D eigenvalue weighted by molar-refractivity contribution is 5.81. The van der Waals surface area contributed by atoms with Gasteiger partial charge in [0, 0.05) is 24.7 Å². The fourth-order valence-corrected chi connectivity index (χ4v) is 2.24. The number of nitro benzene ring substituents is 1. The minimum absolute atomic E-state index is 0.0697. The van der Waals surface area contributed by atoms with Gasteiger partial charge in [-0.05, 0) is 11.1 Å². The summed E-state index contributed by atoms with van der Waals surface area (Å²) >= 11 is 0. The number of nitro groups is 1. The van der Waals surface area contributed by atoms with Crippen LogP contribution in [-0.2, 0) is 7.05 Å². The second-order valence-corrected chi connectivity index (χ2v) is 4.62. The lowest BCUT2D eigenvalue weighted by Gasteiger charge is -2.08. The minimum atomic E-state index is -0.394. The SMILES string of the molecule is Cn1cnnc1-c1ccccc1-c1cccc([N+](=O)[O-])c1. The highest BCUT2D eigenvalue weighted by Crippen LogP contribution is 2.32. The van der Waals surface area contributed by atoms with Gasteiger partial charge in [-0.3, -0.25) is 10.1 Å². The van der Waals surface area contributed by atoms with Gasteiger partial charge in [0.05, 0.1) is 4.92 Å². The predicted molar refractivity (Wildman–Crippen MR) is 78.5 cm³/mol. The third-order valence-corrected chi connectivity index (χ3v) is 3.25. The zero-order chi connectivity index (χ0) is 14.8. The molecule has 0 bridgehead atoms. The number of non-ortho nitro benzene ring substituents is 1. The largest absolute Gasteiger partial charge is 0.317 e. The normalized spacial score (nSPS) is 10.5. The molecule has 0 aliphatic rings. The average molecular weight is 280 g/mol. The van der Waals surface area contributed by atoms with Crippen LogP contribution in [0, 0.1) is 10.1 Å². The number of aryl methyl sites for hydroxylation is 1. The van der Waals surface area contributed by atoms with Gasteiger partial charge in [-0.25, -0.2) is 0 Å². The molecule has 3 aromatic rings. The Kier molecular flexibility index (Phi) is 3.19. The fourth-order valence-electron chi connectivity index (χ4n) is 2.24. The molecule has 21 heavy (non-hydrogen) atoms. The van der Waals surface area contributed by atoms with Gasteiger partial charge < -0.3 is 4.57 Å². The monoisotopic (exact) mass is 280 g/mol. The third-order valence-electron chi connectivity index (χ3n) is 3.25.